The Kier molecular flexibility index (Phi) is 74.1. The van der Waals surface area contributed by atoms with Gasteiger partial charge in [0, 0.05) is 25.7 Å². The Morgan fingerprint density at radius 2 is 0.466 bits per heavy atom. The van der Waals surface area contributed by atoms with Gasteiger partial charge in [0.1, 0.15) is 19.3 Å². The van der Waals surface area contributed by atoms with Crippen LogP contribution in [0.5, 0.6) is 0 Å². The average Bonchev–Trinajstić information content (AvgIpc) is 0.960. The minimum atomic E-state index is -4.96. The standard InChI is InChI=1S/C84H164O17P2/c1-7-11-13-15-17-19-21-23-24-30-34-37-41-48-54-60-66-81(86)94-72-79(100-84(89)69-63-57-51-43-39-35-31-28-26-25-27-29-33-36-40-46-52-58-64-76(5)9-3)74-98-102(90,91)96-70-78(85)71-97-103(92,93)99-75-80(73-95-82(87)67-61-55-49-45-44-47-53-59-65-77(6)10-4)101-83(88)68-62-56-50-42-38-32-22-20-18-16-14-12-8-2/h76-80,85H,7-75H2,1-6H3,(H,90,91)(H,92,93)/t76?,77?,78-,79-,80-/m1/s1. The Hall–Kier alpha value is -1.94. The highest BCUT2D eigenvalue weighted by atomic mass is 31.2. The second-order valence-corrected chi connectivity index (χ2v) is 33.6. The summed E-state index contributed by atoms with van der Waals surface area (Å²) < 4.78 is 68.8. The number of carbonyl (C=O) groups is 4. The lowest BCUT2D eigenvalue weighted by molar-refractivity contribution is -0.161. The molecular weight excluding hydrogens is 1340 g/mol. The predicted molar refractivity (Wildman–Crippen MR) is 423 cm³/mol. The fourth-order valence-corrected chi connectivity index (χ4v) is 14.6. The third-order valence-corrected chi connectivity index (χ3v) is 22.3. The second kappa shape index (κ2) is 75.5. The molecule has 0 aliphatic heterocycles. The van der Waals surface area contributed by atoms with E-state index in [-0.39, 0.29) is 25.7 Å². The maximum absolute atomic E-state index is 13.1. The van der Waals surface area contributed by atoms with E-state index < -0.39 is 97.5 Å². The molecule has 7 atom stereocenters. The van der Waals surface area contributed by atoms with Crippen molar-refractivity contribution in [2.75, 3.05) is 39.6 Å². The first-order valence-electron chi connectivity index (χ1n) is 43.6. The van der Waals surface area contributed by atoms with E-state index >= 15 is 0 Å². The molecule has 19 heteroatoms. The number of unbranched alkanes of at least 4 members (excludes halogenated alkanes) is 51. The first kappa shape index (κ1) is 101. The van der Waals surface area contributed by atoms with E-state index in [2.05, 4.69) is 41.5 Å². The molecule has 0 bridgehead atoms. The number of phosphoric acid groups is 2. The van der Waals surface area contributed by atoms with Crippen LogP contribution in [-0.4, -0.2) is 96.7 Å². The monoisotopic (exact) mass is 1510 g/mol. The molecule has 0 fully saturated rings. The summed E-state index contributed by atoms with van der Waals surface area (Å²) in [6.07, 6.45) is 66.5. The molecule has 103 heavy (non-hydrogen) atoms. The Morgan fingerprint density at radius 3 is 0.689 bits per heavy atom. The van der Waals surface area contributed by atoms with Crippen molar-refractivity contribution in [1.82, 2.24) is 0 Å². The van der Waals surface area contributed by atoms with Crippen LogP contribution in [0.25, 0.3) is 0 Å². The van der Waals surface area contributed by atoms with Crippen LogP contribution in [0.2, 0.25) is 0 Å². The third kappa shape index (κ3) is 75.3. The van der Waals surface area contributed by atoms with Gasteiger partial charge in [-0.05, 0) is 37.5 Å². The fraction of sp³-hybridized carbons (Fsp3) is 0.952. The van der Waals surface area contributed by atoms with Gasteiger partial charge < -0.3 is 33.8 Å². The number of aliphatic hydroxyl groups excluding tert-OH is 1. The number of hydrogen-bond acceptors (Lipinski definition) is 15. The highest BCUT2D eigenvalue weighted by Gasteiger charge is 2.30. The molecule has 0 spiro atoms. The number of hydrogen-bond donors (Lipinski definition) is 3. The molecule has 0 radical (unpaired) electrons. The smallest absolute Gasteiger partial charge is 0.462 e. The van der Waals surface area contributed by atoms with Crippen LogP contribution in [0.3, 0.4) is 0 Å². The Bertz CT molecular complexity index is 1980. The zero-order valence-corrected chi connectivity index (χ0v) is 69.4. The molecule has 0 aliphatic carbocycles. The highest BCUT2D eigenvalue weighted by molar-refractivity contribution is 7.47. The third-order valence-electron chi connectivity index (χ3n) is 20.4. The topological polar surface area (TPSA) is 237 Å². The molecule has 3 N–H and O–H groups in total. The summed E-state index contributed by atoms with van der Waals surface area (Å²) in [4.78, 5) is 73.1. The summed E-state index contributed by atoms with van der Waals surface area (Å²) in [7, 11) is -9.92. The number of phosphoric ester groups is 2. The van der Waals surface area contributed by atoms with E-state index in [4.69, 9.17) is 37.0 Å². The lowest BCUT2D eigenvalue weighted by Gasteiger charge is -2.21. The normalized spacial score (nSPS) is 14.4. The van der Waals surface area contributed by atoms with Gasteiger partial charge in [-0.3, -0.25) is 37.3 Å². The molecule has 17 nitrogen and oxygen atoms in total. The highest BCUT2D eigenvalue weighted by Crippen LogP contribution is 2.45. The molecule has 0 saturated heterocycles. The van der Waals surface area contributed by atoms with Crippen molar-refractivity contribution in [2.24, 2.45) is 11.8 Å². The first-order chi connectivity index (χ1) is 49.9. The fourth-order valence-electron chi connectivity index (χ4n) is 13.0. The summed E-state index contributed by atoms with van der Waals surface area (Å²) in [5.41, 5.74) is 0. The Morgan fingerprint density at radius 1 is 0.272 bits per heavy atom. The van der Waals surface area contributed by atoms with Crippen molar-refractivity contribution in [1.29, 1.82) is 0 Å². The van der Waals surface area contributed by atoms with E-state index in [0.29, 0.717) is 25.7 Å². The molecule has 0 saturated carbocycles. The molecular formula is C84H164O17P2. The predicted octanol–water partition coefficient (Wildman–Crippen LogP) is 25.5. The van der Waals surface area contributed by atoms with Crippen molar-refractivity contribution in [3.63, 3.8) is 0 Å². The van der Waals surface area contributed by atoms with Gasteiger partial charge in [0.25, 0.3) is 0 Å². The van der Waals surface area contributed by atoms with E-state index in [1.165, 1.54) is 263 Å². The van der Waals surface area contributed by atoms with E-state index in [1.807, 2.05) is 0 Å². The van der Waals surface area contributed by atoms with Crippen LogP contribution in [0.1, 0.15) is 446 Å². The molecule has 0 aromatic heterocycles. The second-order valence-electron chi connectivity index (χ2n) is 30.7. The molecule has 0 amide bonds. The van der Waals surface area contributed by atoms with Crippen LogP contribution < -0.4 is 0 Å². The molecule has 0 aromatic rings. The average molecular weight is 1510 g/mol. The van der Waals surface area contributed by atoms with E-state index in [9.17, 15) is 43.2 Å². The van der Waals surface area contributed by atoms with Gasteiger partial charge in [0.2, 0.25) is 0 Å². The number of rotatable bonds is 83. The zero-order chi connectivity index (χ0) is 75.6. The number of ether oxygens (including phenoxy) is 4. The summed E-state index contributed by atoms with van der Waals surface area (Å²) in [5.74, 6) is -0.454. The summed E-state index contributed by atoms with van der Waals surface area (Å²) >= 11 is 0. The van der Waals surface area contributed by atoms with Crippen molar-refractivity contribution < 1.29 is 80.2 Å². The van der Waals surface area contributed by atoms with Crippen LogP contribution in [0.15, 0.2) is 0 Å². The van der Waals surface area contributed by atoms with Crippen LogP contribution in [0.4, 0.5) is 0 Å². The van der Waals surface area contributed by atoms with Gasteiger partial charge in [0.05, 0.1) is 26.4 Å². The van der Waals surface area contributed by atoms with Crippen molar-refractivity contribution in [3.8, 4) is 0 Å². The lowest BCUT2D eigenvalue weighted by Crippen LogP contribution is -2.30. The largest absolute Gasteiger partial charge is 0.472 e. The maximum Gasteiger partial charge on any atom is 0.472 e. The van der Waals surface area contributed by atoms with Gasteiger partial charge in [-0.2, -0.15) is 0 Å². The van der Waals surface area contributed by atoms with Crippen LogP contribution >= 0.6 is 15.6 Å². The van der Waals surface area contributed by atoms with Crippen molar-refractivity contribution in [2.45, 2.75) is 464 Å². The zero-order valence-electron chi connectivity index (χ0n) is 67.6. The minimum absolute atomic E-state index is 0.107. The van der Waals surface area contributed by atoms with Gasteiger partial charge in [-0.15, -0.1) is 0 Å². The van der Waals surface area contributed by atoms with E-state index in [1.54, 1.807) is 0 Å². The molecule has 0 aromatic carbocycles. The Balaban J connectivity index is 5.23. The van der Waals surface area contributed by atoms with Gasteiger partial charge in [-0.1, -0.05) is 395 Å². The first-order valence-corrected chi connectivity index (χ1v) is 46.6. The number of aliphatic hydroxyl groups is 1. The number of esters is 4. The molecule has 4 unspecified atom stereocenters. The summed E-state index contributed by atoms with van der Waals surface area (Å²) in [5, 5.41) is 10.7. The molecule has 0 rings (SSSR count). The quantitative estimate of drug-likeness (QED) is 0.0222. The van der Waals surface area contributed by atoms with Crippen LogP contribution in [-0.2, 0) is 65.4 Å². The summed E-state index contributed by atoms with van der Waals surface area (Å²) in [6, 6.07) is 0. The SMILES string of the molecule is CCCCCCCCCCCCCCCCCCC(=O)OC[C@H](COP(=O)(O)OC[C@@H](O)COP(=O)(O)OC[C@@H](COC(=O)CCCCCCCCCCC(C)CC)OC(=O)CCCCCCCCCCCCCCC)OC(=O)CCCCCCCCCCCCCCCCCCCCC(C)CC. The van der Waals surface area contributed by atoms with Gasteiger partial charge >= 0.3 is 39.5 Å². The number of carbonyl (C=O) groups excluding carboxylic acids is 4. The van der Waals surface area contributed by atoms with Gasteiger partial charge in [-0.25, -0.2) is 9.13 Å². The molecule has 0 aliphatic rings. The molecule has 612 valence electrons. The molecule has 0 heterocycles. The maximum atomic E-state index is 13.1. The van der Waals surface area contributed by atoms with Gasteiger partial charge in [0.15, 0.2) is 12.2 Å². The van der Waals surface area contributed by atoms with Crippen LogP contribution in [0, 0.1) is 11.8 Å². The Labute approximate surface area is 632 Å². The van der Waals surface area contributed by atoms with Crippen molar-refractivity contribution >= 4 is 39.5 Å². The van der Waals surface area contributed by atoms with E-state index in [0.717, 1.165) is 102 Å². The van der Waals surface area contributed by atoms with Crippen molar-refractivity contribution in [3.05, 3.63) is 0 Å². The lowest BCUT2D eigenvalue weighted by atomic mass is 9.99. The minimum Gasteiger partial charge on any atom is -0.462 e. The summed E-state index contributed by atoms with van der Waals surface area (Å²) in [6.45, 7) is 9.73.